The maximum absolute atomic E-state index is 3.70. The molecule has 0 aliphatic carbocycles. The van der Waals surface area contributed by atoms with E-state index in [9.17, 15) is 0 Å². The summed E-state index contributed by atoms with van der Waals surface area (Å²) in [5, 5.41) is 3.70. The van der Waals surface area contributed by atoms with Gasteiger partial charge in [-0.2, -0.15) is 0 Å². The molecule has 2 nitrogen and oxygen atoms in total. The van der Waals surface area contributed by atoms with Crippen LogP contribution in [0.2, 0.25) is 0 Å². The van der Waals surface area contributed by atoms with E-state index in [2.05, 4.69) is 68.2 Å². The fourth-order valence-corrected chi connectivity index (χ4v) is 3.28. The van der Waals surface area contributed by atoms with E-state index in [0.717, 1.165) is 19.0 Å². The van der Waals surface area contributed by atoms with Crippen LogP contribution in [0.4, 0.5) is 0 Å². The molecule has 0 saturated carbocycles. The van der Waals surface area contributed by atoms with Crippen LogP contribution in [-0.4, -0.2) is 30.1 Å². The van der Waals surface area contributed by atoms with Crippen molar-refractivity contribution < 1.29 is 0 Å². The van der Waals surface area contributed by atoms with Gasteiger partial charge in [-0.25, -0.2) is 0 Å². The van der Waals surface area contributed by atoms with E-state index in [4.69, 9.17) is 0 Å². The molecule has 1 saturated heterocycles. The Hall–Kier alpha value is -0.860. The van der Waals surface area contributed by atoms with Gasteiger partial charge in [0.1, 0.15) is 0 Å². The summed E-state index contributed by atoms with van der Waals surface area (Å²) in [5.41, 5.74) is 1.67. The topological polar surface area (TPSA) is 15.3 Å². The second kappa shape index (κ2) is 7.42. The molecular formula is C19H32N2. The van der Waals surface area contributed by atoms with E-state index in [1.165, 1.54) is 31.4 Å². The van der Waals surface area contributed by atoms with Gasteiger partial charge in [-0.15, -0.1) is 0 Å². The lowest BCUT2D eigenvalue weighted by atomic mass is 9.94. The van der Waals surface area contributed by atoms with E-state index < -0.39 is 0 Å². The summed E-state index contributed by atoms with van der Waals surface area (Å²) in [6.45, 7) is 12.7. The summed E-state index contributed by atoms with van der Waals surface area (Å²) in [7, 11) is 0. The fraction of sp³-hybridized carbons (Fsp3) is 0.684. The van der Waals surface area contributed by atoms with Gasteiger partial charge in [-0.3, -0.25) is 4.90 Å². The minimum Gasteiger partial charge on any atom is -0.309 e. The highest BCUT2D eigenvalue weighted by Crippen LogP contribution is 2.27. The molecule has 1 heterocycles. The first-order chi connectivity index (χ1) is 9.98. The van der Waals surface area contributed by atoms with Gasteiger partial charge < -0.3 is 5.32 Å². The Labute approximate surface area is 130 Å². The largest absolute Gasteiger partial charge is 0.309 e. The number of nitrogens with one attached hydrogen (secondary N) is 1. The van der Waals surface area contributed by atoms with Gasteiger partial charge in [0.15, 0.2) is 0 Å². The average Bonchev–Trinajstić information content (AvgIpc) is 2.44. The van der Waals surface area contributed by atoms with Gasteiger partial charge in [0, 0.05) is 24.7 Å². The summed E-state index contributed by atoms with van der Waals surface area (Å²) in [4.78, 5) is 2.69. The molecule has 0 aromatic heterocycles. The minimum atomic E-state index is 0.226. The van der Waals surface area contributed by atoms with Crippen LogP contribution in [0.5, 0.6) is 0 Å². The Balaban J connectivity index is 1.97. The van der Waals surface area contributed by atoms with Crippen molar-refractivity contribution >= 4 is 0 Å². The molecule has 21 heavy (non-hydrogen) atoms. The number of rotatable bonds is 6. The van der Waals surface area contributed by atoms with Crippen LogP contribution in [0.3, 0.4) is 0 Å². The molecular weight excluding hydrogens is 256 g/mol. The smallest absolute Gasteiger partial charge is 0.0473 e. The Morgan fingerprint density at radius 1 is 1.19 bits per heavy atom. The van der Waals surface area contributed by atoms with Gasteiger partial charge in [-0.1, -0.05) is 57.0 Å². The molecule has 0 amide bonds. The van der Waals surface area contributed by atoms with Crippen LogP contribution in [0.25, 0.3) is 0 Å². The van der Waals surface area contributed by atoms with E-state index in [-0.39, 0.29) is 5.54 Å². The third kappa shape index (κ3) is 5.12. The van der Waals surface area contributed by atoms with Crippen molar-refractivity contribution in [3.63, 3.8) is 0 Å². The molecule has 0 spiro atoms. The van der Waals surface area contributed by atoms with Crippen LogP contribution in [-0.2, 0) is 0 Å². The SMILES string of the molecule is CC(C)CCCCN1CC(C)(C)NCC1c1ccccc1. The maximum atomic E-state index is 3.70. The van der Waals surface area contributed by atoms with Crippen molar-refractivity contribution in [1.82, 2.24) is 10.2 Å². The first kappa shape index (κ1) is 16.5. The van der Waals surface area contributed by atoms with Crippen LogP contribution < -0.4 is 5.32 Å². The molecule has 1 N–H and O–H groups in total. The van der Waals surface area contributed by atoms with Crippen LogP contribution in [0.15, 0.2) is 30.3 Å². The normalized spacial score (nSPS) is 22.6. The van der Waals surface area contributed by atoms with Gasteiger partial charge in [-0.05, 0) is 38.3 Å². The summed E-state index contributed by atoms with van der Waals surface area (Å²) in [6, 6.07) is 11.5. The molecule has 1 aromatic carbocycles. The van der Waals surface area contributed by atoms with Crippen molar-refractivity contribution in [2.24, 2.45) is 5.92 Å². The summed E-state index contributed by atoms with van der Waals surface area (Å²) in [5.74, 6) is 0.828. The highest BCUT2D eigenvalue weighted by Gasteiger charge is 2.32. The number of hydrogen-bond donors (Lipinski definition) is 1. The quantitative estimate of drug-likeness (QED) is 0.788. The molecule has 0 bridgehead atoms. The van der Waals surface area contributed by atoms with E-state index in [0.29, 0.717) is 6.04 Å². The van der Waals surface area contributed by atoms with Crippen molar-refractivity contribution in [2.45, 2.75) is 58.5 Å². The van der Waals surface area contributed by atoms with Crippen molar-refractivity contribution in [1.29, 1.82) is 0 Å². The van der Waals surface area contributed by atoms with Crippen LogP contribution in [0.1, 0.15) is 58.6 Å². The monoisotopic (exact) mass is 288 g/mol. The maximum Gasteiger partial charge on any atom is 0.0473 e. The minimum absolute atomic E-state index is 0.226. The van der Waals surface area contributed by atoms with E-state index in [1.54, 1.807) is 0 Å². The summed E-state index contributed by atoms with van der Waals surface area (Å²) in [6.07, 6.45) is 4.02. The number of nitrogens with zero attached hydrogens (tertiary/aromatic N) is 1. The summed E-state index contributed by atoms with van der Waals surface area (Å²) >= 11 is 0. The second-order valence-corrected chi connectivity index (χ2v) is 7.55. The highest BCUT2D eigenvalue weighted by atomic mass is 15.2. The van der Waals surface area contributed by atoms with Gasteiger partial charge in [0.25, 0.3) is 0 Å². The molecule has 1 fully saturated rings. The second-order valence-electron chi connectivity index (χ2n) is 7.55. The molecule has 1 atom stereocenters. The Morgan fingerprint density at radius 2 is 1.90 bits per heavy atom. The Morgan fingerprint density at radius 3 is 2.57 bits per heavy atom. The fourth-order valence-electron chi connectivity index (χ4n) is 3.28. The van der Waals surface area contributed by atoms with Crippen LogP contribution in [0, 0.1) is 5.92 Å². The zero-order valence-corrected chi connectivity index (χ0v) is 14.2. The summed E-state index contributed by atoms with van der Waals surface area (Å²) < 4.78 is 0. The van der Waals surface area contributed by atoms with E-state index >= 15 is 0 Å². The molecule has 1 aliphatic heterocycles. The average molecular weight is 288 g/mol. The highest BCUT2D eigenvalue weighted by molar-refractivity contribution is 5.20. The van der Waals surface area contributed by atoms with Crippen molar-refractivity contribution in [2.75, 3.05) is 19.6 Å². The standard InChI is InChI=1S/C19H32N2/c1-16(2)10-8-9-13-21-15-19(3,4)20-14-18(21)17-11-6-5-7-12-17/h5-7,11-12,16,18,20H,8-10,13-15H2,1-4H3. The predicted molar refractivity (Wildman–Crippen MR) is 91.5 cm³/mol. The van der Waals surface area contributed by atoms with Crippen molar-refractivity contribution in [3.8, 4) is 0 Å². The number of benzene rings is 1. The zero-order valence-electron chi connectivity index (χ0n) is 14.2. The lowest BCUT2D eigenvalue weighted by molar-refractivity contribution is 0.0928. The van der Waals surface area contributed by atoms with Crippen molar-refractivity contribution in [3.05, 3.63) is 35.9 Å². The molecule has 118 valence electrons. The van der Waals surface area contributed by atoms with Gasteiger partial charge >= 0.3 is 0 Å². The Bertz CT molecular complexity index is 411. The molecule has 1 unspecified atom stereocenters. The molecule has 1 aliphatic rings. The number of unbranched alkanes of at least 4 members (excludes halogenated alkanes) is 1. The van der Waals surface area contributed by atoms with Gasteiger partial charge in [0.2, 0.25) is 0 Å². The number of hydrogen-bond acceptors (Lipinski definition) is 2. The lowest BCUT2D eigenvalue weighted by Gasteiger charge is -2.45. The third-order valence-electron chi connectivity index (χ3n) is 4.47. The lowest BCUT2D eigenvalue weighted by Crippen LogP contribution is -2.58. The molecule has 1 aromatic rings. The van der Waals surface area contributed by atoms with Crippen LogP contribution >= 0.6 is 0 Å². The zero-order chi connectivity index (χ0) is 15.3. The first-order valence-electron chi connectivity index (χ1n) is 8.52. The number of piperazine rings is 1. The first-order valence-corrected chi connectivity index (χ1v) is 8.52. The molecule has 2 rings (SSSR count). The van der Waals surface area contributed by atoms with E-state index in [1.807, 2.05) is 0 Å². The Kier molecular flexibility index (Phi) is 5.83. The molecule has 0 radical (unpaired) electrons. The van der Waals surface area contributed by atoms with Gasteiger partial charge in [0.05, 0.1) is 0 Å². The third-order valence-corrected chi connectivity index (χ3v) is 4.47. The molecule has 2 heteroatoms. The predicted octanol–water partition coefficient (Wildman–Crippen LogP) is 4.24.